The second-order valence-electron chi connectivity index (χ2n) is 6.52. The molecule has 2 atom stereocenters. The maximum Gasteiger partial charge on any atom is 0.411 e. The fourth-order valence-electron chi connectivity index (χ4n) is 2.52. The fraction of sp³-hybridized carbons (Fsp3) is 0.562. The maximum atomic E-state index is 12.7. The molecule has 1 aromatic rings. The number of hydrogen-bond acceptors (Lipinski definition) is 5. The third kappa shape index (κ3) is 4.67. The summed E-state index contributed by atoms with van der Waals surface area (Å²) in [5.74, 6) is 0.0519. The predicted molar refractivity (Wildman–Crippen MR) is 92.7 cm³/mol. The van der Waals surface area contributed by atoms with Gasteiger partial charge < -0.3 is 14.8 Å². The van der Waals surface area contributed by atoms with Gasteiger partial charge in [-0.1, -0.05) is 6.07 Å². The normalized spacial score (nSPS) is 20.8. The molecule has 1 N–H and O–H groups in total. The molecule has 7 nitrogen and oxygen atoms in total. The Labute approximate surface area is 149 Å². The van der Waals surface area contributed by atoms with Crippen LogP contribution in [0.1, 0.15) is 27.2 Å². The van der Waals surface area contributed by atoms with E-state index in [2.05, 4.69) is 26.2 Å². The number of methoxy groups -OCH3 is 1. The number of carbonyl (C=O) groups is 2. The van der Waals surface area contributed by atoms with Crippen LogP contribution >= 0.6 is 15.9 Å². The molecule has 0 unspecified atom stereocenters. The number of likely N-dealkylation sites (tertiary alicyclic amines) is 1. The molecule has 1 aliphatic rings. The lowest BCUT2D eigenvalue weighted by atomic mass is 10.1. The van der Waals surface area contributed by atoms with Gasteiger partial charge in [-0.15, -0.1) is 0 Å². The van der Waals surface area contributed by atoms with Crippen LogP contribution < -0.4 is 5.32 Å². The first-order chi connectivity index (χ1) is 11.2. The highest BCUT2D eigenvalue weighted by Gasteiger charge is 2.43. The highest BCUT2D eigenvalue weighted by molar-refractivity contribution is 9.10. The lowest BCUT2D eigenvalue weighted by Crippen LogP contribution is -2.49. The molecule has 0 aromatic carbocycles. The summed E-state index contributed by atoms with van der Waals surface area (Å²) in [6.07, 6.45) is -0.339. The van der Waals surface area contributed by atoms with Gasteiger partial charge in [-0.2, -0.15) is 0 Å². The average Bonchev–Trinajstić information content (AvgIpc) is 2.89. The van der Waals surface area contributed by atoms with Crippen LogP contribution in [0.4, 0.5) is 10.6 Å². The lowest BCUT2D eigenvalue weighted by Gasteiger charge is -2.29. The number of halogens is 1. The Morgan fingerprint density at radius 1 is 1.38 bits per heavy atom. The van der Waals surface area contributed by atoms with Crippen molar-refractivity contribution >= 4 is 33.7 Å². The number of carbonyl (C=O) groups excluding carboxylic acids is 2. The number of hydrogen-bond donors (Lipinski definition) is 1. The van der Waals surface area contributed by atoms with Gasteiger partial charge in [0.2, 0.25) is 0 Å². The largest absolute Gasteiger partial charge is 0.444 e. The Kier molecular flexibility index (Phi) is 5.82. The van der Waals surface area contributed by atoms with Crippen molar-refractivity contribution < 1.29 is 19.1 Å². The van der Waals surface area contributed by atoms with Gasteiger partial charge in [0.25, 0.3) is 5.91 Å². The summed E-state index contributed by atoms with van der Waals surface area (Å²) >= 11 is 3.26. The van der Waals surface area contributed by atoms with Crippen LogP contribution in [0.3, 0.4) is 0 Å². The van der Waals surface area contributed by atoms with Crippen LogP contribution in [0.25, 0.3) is 0 Å². The molecule has 0 saturated carbocycles. The molecule has 132 valence electrons. The first kappa shape index (κ1) is 18.7. The molecule has 0 radical (unpaired) electrons. The van der Waals surface area contributed by atoms with E-state index in [1.165, 1.54) is 12.0 Å². The lowest BCUT2D eigenvalue weighted by molar-refractivity contribution is -0.123. The van der Waals surface area contributed by atoms with Gasteiger partial charge >= 0.3 is 6.09 Å². The van der Waals surface area contributed by atoms with Gasteiger partial charge in [0.1, 0.15) is 22.1 Å². The van der Waals surface area contributed by atoms with Crippen molar-refractivity contribution in [2.75, 3.05) is 19.0 Å². The zero-order chi connectivity index (χ0) is 17.9. The molecule has 1 aromatic heterocycles. The summed E-state index contributed by atoms with van der Waals surface area (Å²) in [4.78, 5) is 30.7. The van der Waals surface area contributed by atoms with Crippen molar-refractivity contribution in [3.63, 3.8) is 0 Å². The van der Waals surface area contributed by atoms with Crippen molar-refractivity contribution in [3.05, 3.63) is 22.8 Å². The van der Waals surface area contributed by atoms with Crippen molar-refractivity contribution in [3.8, 4) is 0 Å². The van der Waals surface area contributed by atoms with E-state index in [-0.39, 0.29) is 12.0 Å². The molecule has 2 amide bonds. The molecule has 1 fully saturated rings. The summed E-state index contributed by atoms with van der Waals surface area (Å²) in [5, 5.41) is 2.73. The highest BCUT2D eigenvalue weighted by atomic mass is 79.9. The molecule has 1 saturated heterocycles. The molecule has 2 heterocycles. The van der Waals surface area contributed by atoms with Crippen LogP contribution in [-0.4, -0.2) is 53.3 Å². The molecule has 24 heavy (non-hydrogen) atoms. The van der Waals surface area contributed by atoms with E-state index in [9.17, 15) is 9.59 Å². The van der Waals surface area contributed by atoms with E-state index >= 15 is 0 Å². The van der Waals surface area contributed by atoms with Crippen LogP contribution in [0.15, 0.2) is 22.8 Å². The second-order valence-corrected chi connectivity index (χ2v) is 7.33. The summed E-state index contributed by atoms with van der Waals surface area (Å²) in [7, 11) is 1.53. The van der Waals surface area contributed by atoms with E-state index in [0.717, 1.165) is 0 Å². The molecule has 1 aliphatic heterocycles. The maximum absolute atomic E-state index is 12.7. The second kappa shape index (κ2) is 7.48. The smallest absolute Gasteiger partial charge is 0.411 e. The highest BCUT2D eigenvalue weighted by Crippen LogP contribution is 2.24. The van der Waals surface area contributed by atoms with E-state index in [4.69, 9.17) is 9.47 Å². The molecular weight excluding hydrogens is 378 g/mol. The Balaban J connectivity index is 2.15. The molecular formula is C16H22BrN3O4. The molecule has 8 heteroatoms. The topological polar surface area (TPSA) is 80.8 Å². The SMILES string of the molecule is CO[C@@H]1CCN(C(=O)OC(C)(C)C)[C@@H]1C(=O)Nc1cccc(Br)n1. The monoisotopic (exact) mass is 399 g/mol. The van der Waals surface area contributed by atoms with Gasteiger partial charge in [0, 0.05) is 13.7 Å². The Morgan fingerprint density at radius 2 is 2.08 bits per heavy atom. The minimum Gasteiger partial charge on any atom is -0.444 e. The summed E-state index contributed by atoms with van der Waals surface area (Å²) in [5.41, 5.74) is -0.630. The zero-order valence-corrected chi connectivity index (χ0v) is 15.8. The zero-order valence-electron chi connectivity index (χ0n) is 14.2. The summed E-state index contributed by atoms with van der Waals surface area (Å²) in [6, 6.07) is 4.44. The van der Waals surface area contributed by atoms with Crippen LogP contribution in [0.5, 0.6) is 0 Å². The van der Waals surface area contributed by atoms with E-state index in [1.807, 2.05) is 0 Å². The molecule has 0 bridgehead atoms. The Morgan fingerprint density at radius 3 is 2.67 bits per heavy atom. The van der Waals surface area contributed by atoms with Crippen LogP contribution in [0, 0.1) is 0 Å². The fourth-order valence-corrected chi connectivity index (χ4v) is 2.87. The van der Waals surface area contributed by atoms with Crippen molar-refractivity contribution in [1.82, 2.24) is 9.88 Å². The van der Waals surface area contributed by atoms with Crippen LogP contribution in [-0.2, 0) is 14.3 Å². The Hall–Kier alpha value is -1.67. The number of pyridine rings is 1. The van der Waals surface area contributed by atoms with Gasteiger partial charge in [0.05, 0.1) is 6.10 Å². The van der Waals surface area contributed by atoms with Gasteiger partial charge in [-0.3, -0.25) is 9.69 Å². The number of nitrogens with zero attached hydrogens (tertiary/aromatic N) is 2. The minimum absolute atomic E-state index is 0.351. The third-order valence-corrected chi connectivity index (χ3v) is 3.95. The van der Waals surface area contributed by atoms with Gasteiger partial charge in [0.15, 0.2) is 0 Å². The third-order valence-electron chi connectivity index (χ3n) is 3.51. The van der Waals surface area contributed by atoms with E-state index in [0.29, 0.717) is 23.4 Å². The van der Waals surface area contributed by atoms with Crippen molar-refractivity contribution in [2.45, 2.75) is 44.9 Å². The van der Waals surface area contributed by atoms with Crippen molar-refractivity contribution in [2.24, 2.45) is 0 Å². The number of nitrogens with one attached hydrogen (secondary N) is 1. The number of amides is 2. The van der Waals surface area contributed by atoms with Crippen LogP contribution in [0.2, 0.25) is 0 Å². The van der Waals surface area contributed by atoms with Crippen molar-refractivity contribution in [1.29, 1.82) is 0 Å². The predicted octanol–water partition coefficient (Wildman–Crippen LogP) is 2.81. The number of ether oxygens (including phenoxy) is 2. The summed E-state index contributed by atoms with van der Waals surface area (Å²) in [6.45, 7) is 5.76. The molecule has 0 aliphatic carbocycles. The number of rotatable bonds is 3. The number of anilines is 1. The standard InChI is InChI=1S/C16H22BrN3O4/c1-16(2,3)24-15(22)20-9-8-10(23-4)13(20)14(21)19-12-7-5-6-11(17)18-12/h5-7,10,13H,8-9H2,1-4H3,(H,18,19,21)/t10-,13+/m1/s1. The van der Waals surface area contributed by atoms with Gasteiger partial charge in [-0.25, -0.2) is 9.78 Å². The van der Waals surface area contributed by atoms with E-state index < -0.39 is 17.7 Å². The average molecular weight is 400 g/mol. The quantitative estimate of drug-likeness (QED) is 0.790. The first-order valence-electron chi connectivity index (χ1n) is 7.67. The first-order valence-corrected chi connectivity index (χ1v) is 8.46. The molecule has 0 spiro atoms. The number of aromatic nitrogens is 1. The van der Waals surface area contributed by atoms with Gasteiger partial charge in [-0.05, 0) is 55.3 Å². The molecule has 2 rings (SSSR count). The summed E-state index contributed by atoms with van der Waals surface area (Å²) < 4.78 is 11.4. The Bertz CT molecular complexity index is 618. The minimum atomic E-state index is -0.759. The van der Waals surface area contributed by atoms with E-state index in [1.54, 1.807) is 39.0 Å².